The van der Waals surface area contributed by atoms with Crippen molar-refractivity contribution < 1.29 is 23.9 Å². The fourth-order valence-electron chi connectivity index (χ4n) is 2.40. The molecule has 0 unspecified atom stereocenters. The summed E-state index contributed by atoms with van der Waals surface area (Å²) in [7, 11) is 1.59. The fraction of sp³-hybridized carbons (Fsp3) is 0.211. The van der Waals surface area contributed by atoms with Gasteiger partial charge >= 0.3 is 5.97 Å². The van der Waals surface area contributed by atoms with Crippen molar-refractivity contribution in [3.05, 3.63) is 58.9 Å². The molecule has 0 amide bonds. The third-order valence-corrected chi connectivity index (χ3v) is 4.07. The van der Waals surface area contributed by atoms with Crippen molar-refractivity contribution in [2.45, 2.75) is 19.4 Å². The number of aromatic nitrogens is 2. The van der Waals surface area contributed by atoms with Gasteiger partial charge in [0.05, 0.1) is 12.1 Å². The number of benzene rings is 2. The highest BCUT2D eigenvalue weighted by molar-refractivity contribution is 6.32. The molecule has 0 spiro atoms. The molecular formula is C19H17ClN2O5. The summed E-state index contributed by atoms with van der Waals surface area (Å²) in [5, 5.41) is 13.1. The summed E-state index contributed by atoms with van der Waals surface area (Å²) in [6.45, 7) is 0.0607. The van der Waals surface area contributed by atoms with E-state index in [1.807, 2.05) is 24.3 Å². The van der Waals surface area contributed by atoms with Gasteiger partial charge in [-0.2, -0.15) is 4.98 Å². The summed E-state index contributed by atoms with van der Waals surface area (Å²) in [6, 6.07) is 12.5. The predicted octanol–water partition coefficient (Wildman–Crippen LogP) is 3.99. The lowest BCUT2D eigenvalue weighted by atomic mass is 10.1. The van der Waals surface area contributed by atoms with Gasteiger partial charge in [0, 0.05) is 12.0 Å². The molecule has 1 heterocycles. The number of methoxy groups -OCH3 is 1. The topological polar surface area (TPSA) is 94.7 Å². The van der Waals surface area contributed by atoms with E-state index < -0.39 is 5.97 Å². The van der Waals surface area contributed by atoms with E-state index in [9.17, 15) is 4.79 Å². The Kier molecular flexibility index (Phi) is 5.93. The average Bonchev–Trinajstić information content (AvgIpc) is 3.14. The van der Waals surface area contributed by atoms with Gasteiger partial charge in [-0.15, -0.1) is 0 Å². The van der Waals surface area contributed by atoms with Crippen LogP contribution in [-0.4, -0.2) is 28.3 Å². The van der Waals surface area contributed by atoms with Crippen LogP contribution in [0, 0.1) is 0 Å². The van der Waals surface area contributed by atoms with Crippen LogP contribution in [0.4, 0.5) is 0 Å². The van der Waals surface area contributed by atoms with Gasteiger partial charge in [-0.25, -0.2) is 0 Å². The van der Waals surface area contributed by atoms with E-state index in [4.69, 9.17) is 30.7 Å². The number of aliphatic carboxylic acids is 1. The smallest absolute Gasteiger partial charge is 0.303 e. The Labute approximate surface area is 160 Å². The zero-order valence-corrected chi connectivity index (χ0v) is 15.3. The Balaban J connectivity index is 1.63. The van der Waals surface area contributed by atoms with Crippen molar-refractivity contribution in [3.63, 3.8) is 0 Å². The Hall–Kier alpha value is -3.06. The van der Waals surface area contributed by atoms with Crippen LogP contribution in [0.3, 0.4) is 0 Å². The summed E-state index contributed by atoms with van der Waals surface area (Å²) in [5.74, 6) is 1.04. The molecule has 0 saturated carbocycles. The molecule has 1 aromatic heterocycles. The lowest BCUT2D eigenvalue weighted by Gasteiger charge is -2.07. The molecule has 2 aromatic carbocycles. The molecule has 0 bridgehead atoms. The molecule has 0 aliphatic rings. The molecule has 0 aliphatic carbocycles. The standard InChI is InChI=1S/C19H17ClN2O5/c1-25-14-4-2-3-13(10-14)19-21-17(27-22-19)11-26-16-7-5-12(9-15(16)20)6-8-18(23)24/h2-5,7,9-10H,6,8,11H2,1H3,(H,23,24). The number of halogens is 1. The molecule has 140 valence electrons. The van der Waals surface area contributed by atoms with Gasteiger partial charge in [0.25, 0.3) is 5.89 Å². The van der Waals surface area contributed by atoms with Gasteiger partial charge < -0.3 is 19.1 Å². The van der Waals surface area contributed by atoms with E-state index in [0.29, 0.717) is 34.7 Å². The minimum absolute atomic E-state index is 0.0472. The van der Waals surface area contributed by atoms with Gasteiger partial charge in [-0.1, -0.05) is 35.0 Å². The number of hydrogen-bond acceptors (Lipinski definition) is 6. The minimum atomic E-state index is -0.852. The van der Waals surface area contributed by atoms with E-state index in [2.05, 4.69) is 10.1 Å². The molecule has 0 fully saturated rings. The molecule has 1 N–H and O–H groups in total. The van der Waals surface area contributed by atoms with E-state index in [-0.39, 0.29) is 13.0 Å². The van der Waals surface area contributed by atoms with Crippen LogP contribution in [0.25, 0.3) is 11.4 Å². The number of carboxylic acid groups (broad SMARTS) is 1. The van der Waals surface area contributed by atoms with Gasteiger partial charge in [0.15, 0.2) is 6.61 Å². The number of aryl methyl sites for hydroxylation is 1. The fourth-order valence-corrected chi connectivity index (χ4v) is 2.66. The molecule has 0 aliphatic heterocycles. The van der Waals surface area contributed by atoms with Crippen LogP contribution in [-0.2, 0) is 17.8 Å². The largest absolute Gasteiger partial charge is 0.497 e. The summed E-state index contributed by atoms with van der Waals surface area (Å²) < 4.78 is 16.0. The predicted molar refractivity (Wildman–Crippen MR) is 98.0 cm³/mol. The first-order valence-electron chi connectivity index (χ1n) is 8.15. The van der Waals surface area contributed by atoms with Crippen molar-refractivity contribution in [1.82, 2.24) is 10.1 Å². The number of hydrogen-bond donors (Lipinski definition) is 1. The minimum Gasteiger partial charge on any atom is -0.497 e. The molecule has 3 aromatic rings. The molecule has 27 heavy (non-hydrogen) atoms. The van der Waals surface area contributed by atoms with Gasteiger partial charge in [0.2, 0.25) is 5.82 Å². The number of ether oxygens (including phenoxy) is 2. The molecule has 3 rings (SSSR count). The second kappa shape index (κ2) is 8.55. The van der Waals surface area contributed by atoms with Crippen molar-refractivity contribution in [2.75, 3.05) is 7.11 Å². The second-order valence-electron chi connectivity index (χ2n) is 5.69. The van der Waals surface area contributed by atoms with E-state index in [1.165, 1.54) is 0 Å². The van der Waals surface area contributed by atoms with E-state index in [0.717, 1.165) is 11.1 Å². The van der Waals surface area contributed by atoms with Crippen molar-refractivity contribution >= 4 is 17.6 Å². The second-order valence-corrected chi connectivity index (χ2v) is 6.10. The first kappa shape index (κ1) is 18.7. The van der Waals surface area contributed by atoms with Crippen LogP contribution in [0.15, 0.2) is 47.0 Å². The maximum atomic E-state index is 10.6. The molecule has 8 heteroatoms. The van der Waals surface area contributed by atoms with E-state index in [1.54, 1.807) is 25.3 Å². The molecular weight excluding hydrogens is 372 g/mol. The maximum Gasteiger partial charge on any atom is 0.303 e. The highest BCUT2D eigenvalue weighted by Gasteiger charge is 2.11. The maximum absolute atomic E-state index is 10.6. The molecule has 0 atom stereocenters. The Morgan fingerprint density at radius 1 is 1.26 bits per heavy atom. The molecule has 7 nitrogen and oxygen atoms in total. The zero-order valence-electron chi connectivity index (χ0n) is 14.5. The SMILES string of the molecule is COc1cccc(-c2noc(COc3ccc(CCC(=O)O)cc3Cl)n2)c1. The lowest BCUT2D eigenvalue weighted by Crippen LogP contribution is -1.99. The third-order valence-electron chi connectivity index (χ3n) is 3.77. The summed E-state index contributed by atoms with van der Waals surface area (Å²) in [4.78, 5) is 14.9. The first-order valence-corrected chi connectivity index (χ1v) is 8.53. The average molecular weight is 389 g/mol. The van der Waals surface area contributed by atoms with E-state index >= 15 is 0 Å². The highest BCUT2D eigenvalue weighted by Crippen LogP contribution is 2.27. The Morgan fingerprint density at radius 3 is 2.85 bits per heavy atom. The number of carboxylic acids is 1. The molecule has 0 saturated heterocycles. The lowest BCUT2D eigenvalue weighted by molar-refractivity contribution is -0.136. The Bertz CT molecular complexity index is 941. The summed E-state index contributed by atoms with van der Waals surface area (Å²) in [5.41, 5.74) is 1.60. The van der Waals surface area contributed by atoms with Crippen LogP contribution >= 0.6 is 11.6 Å². The number of carbonyl (C=O) groups is 1. The quantitative estimate of drug-likeness (QED) is 0.623. The van der Waals surface area contributed by atoms with Crippen LogP contribution in [0.2, 0.25) is 5.02 Å². The third kappa shape index (κ3) is 4.98. The number of nitrogens with zero attached hydrogens (tertiary/aromatic N) is 2. The van der Waals surface area contributed by atoms with Crippen LogP contribution in [0.5, 0.6) is 11.5 Å². The van der Waals surface area contributed by atoms with Crippen molar-refractivity contribution in [3.8, 4) is 22.9 Å². The van der Waals surface area contributed by atoms with Gasteiger partial charge in [-0.05, 0) is 36.2 Å². The van der Waals surface area contributed by atoms with Crippen LogP contribution in [0.1, 0.15) is 17.9 Å². The van der Waals surface area contributed by atoms with Crippen molar-refractivity contribution in [1.29, 1.82) is 0 Å². The summed E-state index contributed by atoms with van der Waals surface area (Å²) in [6.07, 6.45) is 0.453. The molecule has 0 radical (unpaired) electrons. The number of rotatable bonds is 8. The van der Waals surface area contributed by atoms with Crippen molar-refractivity contribution in [2.24, 2.45) is 0 Å². The van der Waals surface area contributed by atoms with Gasteiger partial charge in [0.1, 0.15) is 11.5 Å². The summed E-state index contributed by atoms with van der Waals surface area (Å²) >= 11 is 6.19. The highest BCUT2D eigenvalue weighted by atomic mass is 35.5. The first-order chi connectivity index (χ1) is 13.0. The van der Waals surface area contributed by atoms with Gasteiger partial charge in [-0.3, -0.25) is 4.79 Å². The Morgan fingerprint density at radius 2 is 2.11 bits per heavy atom. The monoisotopic (exact) mass is 388 g/mol. The normalized spacial score (nSPS) is 10.6. The van der Waals surface area contributed by atoms with Crippen LogP contribution < -0.4 is 9.47 Å². The zero-order chi connectivity index (χ0) is 19.2.